The first-order valence-electron chi connectivity index (χ1n) is 12.4. The molecule has 2 aliphatic rings. The molecule has 1 unspecified atom stereocenters. The van der Waals surface area contributed by atoms with E-state index in [0.29, 0.717) is 0 Å². The Morgan fingerprint density at radius 3 is 2.39 bits per heavy atom. The topological polar surface area (TPSA) is 21.1 Å². The Bertz CT molecular complexity index is 1040. The minimum atomic E-state index is 0.841. The third-order valence-corrected chi connectivity index (χ3v) is 8.06. The number of piperidine rings is 1. The van der Waals surface area contributed by atoms with Crippen molar-refractivity contribution in [3.8, 4) is 0 Å². The van der Waals surface area contributed by atoms with Gasteiger partial charge in [0.1, 0.15) is 0 Å². The minimum absolute atomic E-state index is 0.841. The van der Waals surface area contributed by atoms with Crippen LogP contribution in [0.1, 0.15) is 67.3 Å². The SMILES string of the molecule is Cc1ccc(Cn2c(C)c(C)c3ccnc(N4CCCC(C5CCCCC5)C4)c32)cc1. The van der Waals surface area contributed by atoms with Gasteiger partial charge >= 0.3 is 0 Å². The van der Waals surface area contributed by atoms with Gasteiger partial charge in [-0.05, 0) is 62.6 Å². The molecule has 1 aliphatic carbocycles. The first-order valence-corrected chi connectivity index (χ1v) is 12.4. The summed E-state index contributed by atoms with van der Waals surface area (Å²) >= 11 is 0. The van der Waals surface area contributed by atoms with E-state index in [0.717, 1.165) is 24.9 Å². The van der Waals surface area contributed by atoms with E-state index in [1.54, 1.807) is 0 Å². The van der Waals surface area contributed by atoms with Crippen LogP contribution in [0.15, 0.2) is 36.5 Å². The standard InChI is InChI=1S/C28H37N3/c1-20-11-13-23(14-12-20)18-31-22(3)21(2)26-15-16-29-28(27(26)31)30-17-7-10-25(19-30)24-8-5-4-6-9-24/h11-16,24-25H,4-10,17-19H2,1-3H3. The van der Waals surface area contributed by atoms with Crippen molar-refractivity contribution in [1.82, 2.24) is 9.55 Å². The molecule has 3 heterocycles. The number of nitrogens with zero attached hydrogens (tertiary/aromatic N) is 3. The normalized spacial score (nSPS) is 20.5. The fourth-order valence-corrected chi connectivity index (χ4v) is 6.07. The van der Waals surface area contributed by atoms with Crippen LogP contribution >= 0.6 is 0 Å². The molecule has 0 N–H and O–H groups in total. The molecule has 0 bridgehead atoms. The van der Waals surface area contributed by atoms with Crippen molar-refractivity contribution in [3.63, 3.8) is 0 Å². The van der Waals surface area contributed by atoms with Gasteiger partial charge < -0.3 is 9.47 Å². The Balaban J connectivity index is 1.51. The number of pyridine rings is 1. The molecule has 2 aromatic heterocycles. The van der Waals surface area contributed by atoms with Gasteiger partial charge in [-0.15, -0.1) is 0 Å². The zero-order chi connectivity index (χ0) is 21.4. The van der Waals surface area contributed by atoms with Crippen LogP contribution < -0.4 is 4.90 Å². The van der Waals surface area contributed by atoms with Gasteiger partial charge in [-0.2, -0.15) is 0 Å². The molecule has 1 saturated heterocycles. The van der Waals surface area contributed by atoms with Gasteiger partial charge in [-0.25, -0.2) is 4.98 Å². The highest BCUT2D eigenvalue weighted by atomic mass is 15.2. The third-order valence-electron chi connectivity index (χ3n) is 8.06. The molecule has 164 valence electrons. The van der Waals surface area contributed by atoms with Crippen LogP contribution in [0.3, 0.4) is 0 Å². The lowest BCUT2D eigenvalue weighted by Crippen LogP contribution is -2.39. The third kappa shape index (κ3) is 4.00. The average molecular weight is 416 g/mol. The van der Waals surface area contributed by atoms with Crippen LogP contribution in [0.5, 0.6) is 0 Å². The van der Waals surface area contributed by atoms with E-state index in [1.165, 1.54) is 90.6 Å². The lowest BCUT2D eigenvalue weighted by molar-refractivity contribution is 0.220. The fraction of sp³-hybridized carbons (Fsp3) is 0.536. The predicted molar refractivity (Wildman–Crippen MR) is 131 cm³/mol. The molecule has 1 aliphatic heterocycles. The number of anilines is 1. The van der Waals surface area contributed by atoms with Crippen LogP contribution in [-0.4, -0.2) is 22.6 Å². The summed E-state index contributed by atoms with van der Waals surface area (Å²) in [6.07, 6.45) is 11.9. The largest absolute Gasteiger partial charge is 0.355 e. The lowest BCUT2D eigenvalue weighted by Gasteiger charge is -2.39. The maximum Gasteiger partial charge on any atom is 0.153 e. The maximum atomic E-state index is 4.99. The van der Waals surface area contributed by atoms with E-state index < -0.39 is 0 Å². The second kappa shape index (κ2) is 8.68. The second-order valence-corrected chi connectivity index (χ2v) is 10.1. The van der Waals surface area contributed by atoms with Gasteiger partial charge in [-0.1, -0.05) is 61.9 Å². The van der Waals surface area contributed by atoms with Crippen LogP contribution in [0.25, 0.3) is 10.9 Å². The Morgan fingerprint density at radius 1 is 0.871 bits per heavy atom. The highest BCUT2D eigenvalue weighted by molar-refractivity contribution is 5.93. The Hall–Kier alpha value is -2.29. The first kappa shape index (κ1) is 20.6. The van der Waals surface area contributed by atoms with Crippen molar-refractivity contribution < 1.29 is 0 Å². The summed E-state index contributed by atoms with van der Waals surface area (Å²) in [5.41, 5.74) is 6.78. The van der Waals surface area contributed by atoms with Crippen molar-refractivity contribution in [3.05, 3.63) is 58.9 Å². The Morgan fingerprint density at radius 2 is 1.61 bits per heavy atom. The van der Waals surface area contributed by atoms with Crippen LogP contribution in [0.2, 0.25) is 0 Å². The molecule has 0 amide bonds. The maximum absolute atomic E-state index is 4.99. The molecule has 5 rings (SSSR count). The molecule has 0 spiro atoms. The van der Waals surface area contributed by atoms with Crippen molar-refractivity contribution in [2.45, 2.75) is 72.3 Å². The summed E-state index contributed by atoms with van der Waals surface area (Å²) < 4.78 is 2.52. The van der Waals surface area contributed by atoms with Crippen molar-refractivity contribution in [2.24, 2.45) is 11.8 Å². The van der Waals surface area contributed by atoms with E-state index in [9.17, 15) is 0 Å². The quantitative estimate of drug-likeness (QED) is 0.467. The van der Waals surface area contributed by atoms with Crippen LogP contribution in [0.4, 0.5) is 5.82 Å². The lowest BCUT2D eigenvalue weighted by atomic mass is 9.76. The molecular weight excluding hydrogens is 378 g/mol. The average Bonchev–Trinajstić information content (AvgIpc) is 3.06. The molecular formula is C28H37N3. The number of aromatic nitrogens is 2. The second-order valence-electron chi connectivity index (χ2n) is 10.1. The Labute approximate surface area is 187 Å². The summed E-state index contributed by atoms with van der Waals surface area (Å²) in [5.74, 6) is 2.98. The number of hydrogen-bond acceptors (Lipinski definition) is 2. The van der Waals surface area contributed by atoms with Gasteiger partial charge in [0, 0.05) is 36.9 Å². The van der Waals surface area contributed by atoms with Crippen LogP contribution in [0, 0.1) is 32.6 Å². The summed E-state index contributed by atoms with van der Waals surface area (Å²) in [5, 5.41) is 1.37. The van der Waals surface area contributed by atoms with Crippen molar-refractivity contribution in [2.75, 3.05) is 18.0 Å². The fourth-order valence-electron chi connectivity index (χ4n) is 6.07. The number of rotatable bonds is 4. The van der Waals surface area contributed by atoms with Gasteiger partial charge in [0.15, 0.2) is 5.82 Å². The molecule has 1 atom stereocenters. The zero-order valence-corrected chi connectivity index (χ0v) is 19.5. The Kier molecular flexibility index (Phi) is 5.77. The molecule has 3 heteroatoms. The summed E-state index contributed by atoms with van der Waals surface area (Å²) in [6, 6.07) is 11.2. The van der Waals surface area contributed by atoms with Crippen molar-refractivity contribution in [1.29, 1.82) is 0 Å². The van der Waals surface area contributed by atoms with E-state index in [2.05, 4.69) is 60.6 Å². The summed E-state index contributed by atoms with van der Waals surface area (Å²) in [6.45, 7) is 9.94. The first-order chi connectivity index (χ1) is 15.1. The highest BCUT2D eigenvalue weighted by Crippen LogP contribution is 2.38. The van der Waals surface area contributed by atoms with E-state index >= 15 is 0 Å². The summed E-state index contributed by atoms with van der Waals surface area (Å²) in [4.78, 5) is 7.61. The number of hydrogen-bond donors (Lipinski definition) is 0. The number of fused-ring (bicyclic) bond motifs is 1. The van der Waals surface area contributed by atoms with Gasteiger partial charge in [0.2, 0.25) is 0 Å². The highest BCUT2D eigenvalue weighted by Gasteiger charge is 2.30. The molecule has 1 saturated carbocycles. The molecule has 2 fully saturated rings. The molecule has 0 radical (unpaired) electrons. The molecule has 31 heavy (non-hydrogen) atoms. The zero-order valence-electron chi connectivity index (χ0n) is 19.5. The van der Waals surface area contributed by atoms with Gasteiger partial charge in [0.05, 0.1) is 5.52 Å². The van der Waals surface area contributed by atoms with Crippen molar-refractivity contribution >= 4 is 16.7 Å². The predicted octanol–water partition coefficient (Wildman–Crippen LogP) is 6.81. The smallest absolute Gasteiger partial charge is 0.153 e. The monoisotopic (exact) mass is 415 g/mol. The minimum Gasteiger partial charge on any atom is -0.355 e. The van der Waals surface area contributed by atoms with E-state index in [-0.39, 0.29) is 0 Å². The van der Waals surface area contributed by atoms with E-state index in [4.69, 9.17) is 4.98 Å². The molecule has 3 aromatic rings. The van der Waals surface area contributed by atoms with E-state index in [1.807, 2.05) is 6.20 Å². The summed E-state index contributed by atoms with van der Waals surface area (Å²) in [7, 11) is 0. The van der Waals surface area contributed by atoms with Gasteiger partial charge in [0.25, 0.3) is 0 Å². The number of aryl methyl sites for hydroxylation is 2. The molecule has 3 nitrogen and oxygen atoms in total. The van der Waals surface area contributed by atoms with Gasteiger partial charge in [-0.3, -0.25) is 0 Å². The van der Waals surface area contributed by atoms with Crippen LogP contribution in [-0.2, 0) is 6.54 Å². The number of benzene rings is 1. The molecule has 1 aromatic carbocycles.